The van der Waals surface area contributed by atoms with Crippen LogP contribution in [0.25, 0.3) is 0 Å². The molecule has 3 atom stereocenters. The molecule has 1 aliphatic heterocycles. The summed E-state index contributed by atoms with van der Waals surface area (Å²) < 4.78 is 34.4. The Morgan fingerprint density at radius 3 is 2.31 bits per heavy atom. The van der Waals surface area contributed by atoms with Gasteiger partial charge in [-0.15, -0.1) is 0 Å². The topological polar surface area (TPSA) is 49.7 Å². The Morgan fingerprint density at radius 1 is 1.15 bits per heavy atom. The minimum absolute atomic E-state index is 0.160. The summed E-state index contributed by atoms with van der Waals surface area (Å²) in [6.45, 7) is 1.84. The van der Waals surface area contributed by atoms with Crippen LogP contribution >= 0.6 is 0 Å². The highest BCUT2D eigenvalue weighted by Crippen LogP contribution is 2.49. The van der Waals surface area contributed by atoms with Crippen molar-refractivity contribution in [2.75, 3.05) is 27.2 Å². The molecule has 6 heteroatoms. The van der Waals surface area contributed by atoms with Crippen LogP contribution in [0.15, 0.2) is 30.3 Å². The van der Waals surface area contributed by atoms with Gasteiger partial charge in [0.05, 0.1) is 33.3 Å². The third-order valence-corrected chi connectivity index (χ3v) is 6.07. The highest BCUT2D eigenvalue weighted by molar-refractivity contribution is 5.25. The van der Waals surface area contributed by atoms with Crippen LogP contribution in [0.5, 0.6) is 0 Å². The fourth-order valence-electron chi connectivity index (χ4n) is 4.28. The summed E-state index contributed by atoms with van der Waals surface area (Å²) in [5.41, 5.74) is -1.40. The molecule has 1 aromatic carbocycles. The molecule has 2 fully saturated rings. The zero-order valence-electron chi connectivity index (χ0n) is 15.6. The summed E-state index contributed by atoms with van der Waals surface area (Å²) in [7, 11) is 4.29. The normalized spacial score (nSPS) is 29.2. The van der Waals surface area contributed by atoms with E-state index < -0.39 is 30.2 Å². The number of rotatable bonds is 5. The van der Waals surface area contributed by atoms with E-state index in [0.29, 0.717) is 5.56 Å². The van der Waals surface area contributed by atoms with Crippen LogP contribution in [-0.4, -0.2) is 60.2 Å². The molecule has 2 aliphatic rings. The number of likely N-dealkylation sites (tertiary alicyclic amines) is 1. The number of benzene rings is 1. The second-order valence-electron chi connectivity index (χ2n) is 8.56. The van der Waals surface area contributed by atoms with Gasteiger partial charge in [0.1, 0.15) is 5.60 Å². The lowest BCUT2D eigenvalue weighted by atomic mass is 9.79. The molecule has 0 radical (unpaired) electrons. The fraction of sp³-hybridized carbons (Fsp3) is 0.700. The van der Waals surface area contributed by atoms with Gasteiger partial charge < -0.3 is 19.4 Å². The monoisotopic (exact) mass is 370 g/mol. The maximum absolute atomic E-state index is 13.8. The molecule has 0 bridgehead atoms. The van der Waals surface area contributed by atoms with Crippen molar-refractivity contribution in [2.24, 2.45) is 5.92 Å². The SMILES string of the molecule is C[N+]1(C)CCC(OC(O)[C@](O)(c2ccccc2)[C@@H]2CCC(F)(F)C2)CC1. The Kier molecular flexibility index (Phi) is 5.41. The summed E-state index contributed by atoms with van der Waals surface area (Å²) in [6.07, 6.45) is -0.697. The maximum Gasteiger partial charge on any atom is 0.248 e. The Bertz CT molecular complexity index is 600. The summed E-state index contributed by atoms with van der Waals surface area (Å²) in [5.74, 6) is -3.55. The van der Waals surface area contributed by atoms with Gasteiger partial charge in [-0.3, -0.25) is 0 Å². The van der Waals surface area contributed by atoms with Gasteiger partial charge in [-0.05, 0) is 12.0 Å². The number of piperidine rings is 1. The number of hydrogen-bond acceptors (Lipinski definition) is 3. The zero-order chi connectivity index (χ0) is 19.0. The minimum Gasteiger partial charge on any atom is -0.380 e. The number of halogens is 2. The average molecular weight is 370 g/mol. The highest BCUT2D eigenvalue weighted by atomic mass is 19.3. The summed E-state index contributed by atoms with van der Waals surface area (Å²) in [4.78, 5) is 0. The molecule has 1 aliphatic carbocycles. The number of hydrogen-bond donors (Lipinski definition) is 2. The van der Waals surface area contributed by atoms with Gasteiger partial charge in [0.2, 0.25) is 5.92 Å². The van der Waals surface area contributed by atoms with Crippen LogP contribution in [-0.2, 0) is 10.3 Å². The van der Waals surface area contributed by atoms with E-state index in [1.54, 1.807) is 30.3 Å². The molecule has 4 nitrogen and oxygen atoms in total. The number of nitrogens with zero attached hydrogens (tertiary/aromatic N) is 1. The van der Waals surface area contributed by atoms with E-state index in [1.807, 2.05) is 0 Å². The first-order chi connectivity index (χ1) is 12.1. The van der Waals surface area contributed by atoms with Gasteiger partial charge in [-0.25, -0.2) is 8.78 Å². The van der Waals surface area contributed by atoms with Crippen LogP contribution in [0.2, 0.25) is 0 Å². The largest absolute Gasteiger partial charge is 0.380 e. The molecule has 0 spiro atoms. The minimum atomic E-state index is -2.81. The summed E-state index contributed by atoms with van der Waals surface area (Å²) in [6, 6.07) is 8.61. The van der Waals surface area contributed by atoms with E-state index in [1.165, 1.54) is 0 Å². The predicted octanol–water partition coefficient (Wildman–Crippen LogP) is 2.88. The van der Waals surface area contributed by atoms with Crippen molar-refractivity contribution in [2.45, 2.75) is 56.0 Å². The van der Waals surface area contributed by atoms with Crippen molar-refractivity contribution in [3.8, 4) is 0 Å². The molecule has 1 heterocycles. The van der Waals surface area contributed by atoms with Crippen LogP contribution < -0.4 is 0 Å². The van der Waals surface area contributed by atoms with Crippen molar-refractivity contribution < 1.29 is 28.2 Å². The second kappa shape index (κ2) is 7.15. The second-order valence-corrected chi connectivity index (χ2v) is 8.56. The lowest BCUT2D eigenvalue weighted by Crippen LogP contribution is -2.52. The van der Waals surface area contributed by atoms with Crippen molar-refractivity contribution in [1.29, 1.82) is 0 Å². The molecule has 1 aromatic rings. The van der Waals surface area contributed by atoms with Crippen LogP contribution in [0, 0.1) is 5.92 Å². The van der Waals surface area contributed by atoms with Gasteiger partial charge in [0, 0.05) is 31.6 Å². The molecule has 0 aromatic heterocycles. The van der Waals surface area contributed by atoms with Crippen molar-refractivity contribution >= 4 is 0 Å². The number of alkyl halides is 2. The van der Waals surface area contributed by atoms with Gasteiger partial charge >= 0.3 is 0 Å². The third-order valence-electron chi connectivity index (χ3n) is 6.07. The summed E-state index contributed by atoms with van der Waals surface area (Å²) >= 11 is 0. The standard InChI is InChI=1S/C20H30F2NO3/c1-23(2)12-9-17(10-13-23)26-18(24)20(25,15-6-4-3-5-7-15)16-8-11-19(21,22)14-16/h3-7,16-18,24-25H,8-14H2,1-2H3/q+1/t16-,18?,20+/m1/s1. The first-order valence-corrected chi connectivity index (χ1v) is 9.44. The molecule has 2 N–H and O–H groups in total. The smallest absolute Gasteiger partial charge is 0.248 e. The quantitative estimate of drug-likeness (QED) is 0.619. The number of aliphatic hydroxyl groups excluding tert-OH is 1. The Balaban J connectivity index is 1.79. The molecule has 26 heavy (non-hydrogen) atoms. The van der Waals surface area contributed by atoms with Gasteiger partial charge in [-0.1, -0.05) is 30.3 Å². The molecule has 1 saturated carbocycles. The molecule has 1 saturated heterocycles. The van der Waals surface area contributed by atoms with Gasteiger partial charge in [0.25, 0.3) is 0 Å². The van der Waals surface area contributed by atoms with E-state index in [4.69, 9.17) is 4.74 Å². The van der Waals surface area contributed by atoms with Crippen LogP contribution in [0.3, 0.4) is 0 Å². The Labute approximate surface area is 154 Å². The first kappa shape index (κ1) is 19.7. The fourth-order valence-corrected chi connectivity index (χ4v) is 4.28. The van der Waals surface area contributed by atoms with E-state index in [0.717, 1.165) is 30.4 Å². The Morgan fingerprint density at radius 2 is 1.77 bits per heavy atom. The molecular formula is C20H30F2NO3+. The lowest BCUT2D eigenvalue weighted by molar-refractivity contribution is -0.896. The van der Waals surface area contributed by atoms with E-state index >= 15 is 0 Å². The molecule has 0 amide bonds. The average Bonchev–Trinajstić information content (AvgIpc) is 2.97. The van der Waals surface area contributed by atoms with Crippen molar-refractivity contribution in [1.82, 2.24) is 0 Å². The maximum atomic E-state index is 13.8. The van der Waals surface area contributed by atoms with Crippen LogP contribution in [0.4, 0.5) is 8.78 Å². The molecule has 146 valence electrons. The first-order valence-electron chi connectivity index (χ1n) is 9.44. The zero-order valence-corrected chi connectivity index (χ0v) is 15.6. The van der Waals surface area contributed by atoms with E-state index in [2.05, 4.69) is 14.1 Å². The molecule has 1 unspecified atom stereocenters. The predicted molar refractivity (Wildman–Crippen MR) is 94.6 cm³/mol. The van der Waals surface area contributed by atoms with Gasteiger partial charge in [-0.2, -0.15) is 0 Å². The number of quaternary nitrogens is 1. The van der Waals surface area contributed by atoms with E-state index in [-0.39, 0.29) is 18.9 Å². The van der Waals surface area contributed by atoms with E-state index in [9.17, 15) is 19.0 Å². The summed E-state index contributed by atoms with van der Waals surface area (Å²) in [5, 5.41) is 22.2. The van der Waals surface area contributed by atoms with Crippen molar-refractivity contribution in [3.05, 3.63) is 35.9 Å². The highest BCUT2D eigenvalue weighted by Gasteiger charge is 2.54. The molecule has 3 rings (SSSR count). The molecular weight excluding hydrogens is 340 g/mol. The van der Waals surface area contributed by atoms with Gasteiger partial charge in [0.15, 0.2) is 6.29 Å². The number of aliphatic hydroxyl groups is 2. The Hall–Kier alpha value is -1.08. The third kappa shape index (κ3) is 4.09. The van der Waals surface area contributed by atoms with Crippen molar-refractivity contribution in [3.63, 3.8) is 0 Å². The lowest BCUT2D eigenvalue weighted by Gasteiger charge is -2.42. The number of ether oxygens (including phenoxy) is 1. The van der Waals surface area contributed by atoms with Crippen LogP contribution in [0.1, 0.15) is 37.7 Å².